The van der Waals surface area contributed by atoms with Crippen LogP contribution in [0.25, 0.3) is 0 Å². The van der Waals surface area contributed by atoms with Gasteiger partial charge in [0.15, 0.2) is 0 Å². The minimum Gasteiger partial charge on any atom is -0.480 e. The molecule has 2 unspecified atom stereocenters. The van der Waals surface area contributed by atoms with Crippen molar-refractivity contribution in [2.75, 3.05) is 23.0 Å². The van der Waals surface area contributed by atoms with Gasteiger partial charge in [0, 0.05) is 6.54 Å². The number of carboxylic acids is 1. The number of alkyl halides is 1. The van der Waals surface area contributed by atoms with Crippen LogP contribution < -0.4 is 16.4 Å². The van der Waals surface area contributed by atoms with E-state index in [1.165, 1.54) is 0 Å². The molecule has 2 amide bonds. The molecule has 0 aromatic carbocycles. The van der Waals surface area contributed by atoms with Crippen LogP contribution in [0.5, 0.6) is 0 Å². The van der Waals surface area contributed by atoms with Gasteiger partial charge < -0.3 is 21.5 Å². The van der Waals surface area contributed by atoms with Gasteiger partial charge in [-0.2, -0.15) is 11.8 Å². The Bertz CT molecular complexity index is 330. The summed E-state index contributed by atoms with van der Waals surface area (Å²) in [7, 11) is 0. The number of carbonyl (C=O) groups excluding carboxylic acids is 2. The zero-order valence-electron chi connectivity index (χ0n) is 10.5. The number of hydrogen-bond acceptors (Lipinski definition) is 5. The van der Waals surface area contributed by atoms with Crippen LogP contribution in [-0.4, -0.2) is 58.0 Å². The quantitative estimate of drug-likeness (QED) is 0.295. The number of halogens is 1. The van der Waals surface area contributed by atoms with Crippen molar-refractivity contribution in [2.24, 2.45) is 5.73 Å². The third-order valence-corrected chi connectivity index (χ3v) is 3.55. The van der Waals surface area contributed by atoms with Crippen molar-refractivity contribution < 1.29 is 19.5 Å². The smallest absolute Gasteiger partial charge is 0.328 e. The molecule has 0 aromatic heterocycles. The first kappa shape index (κ1) is 18.4. The molecule has 110 valence electrons. The average Bonchev–Trinajstić information content (AvgIpc) is 2.39. The highest BCUT2D eigenvalue weighted by atomic mass is 127. The minimum atomic E-state index is -1.21. The van der Waals surface area contributed by atoms with E-state index < -0.39 is 24.0 Å². The summed E-state index contributed by atoms with van der Waals surface area (Å²) in [5.74, 6) is -1.30. The number of aliphatic carboxylic acids is 1. The predicted molar refractivity (Wildman–Crippen MR) is 82.4 cm³/mol. The van der Waals surface area contributed by atoms with E-state index in [0.29, 0.717) is 6.42 Å². The molecule has 5 N–H and O–H groups in total. The summed E-state index contributed by atoms with van der Waals surface area (Å²) in [5.41, 5.74) is 5.63. The highest BCUT2D eigenvalue weighted by Gasteiger charge is 2.23. The van der Waals surface area contributed by atoms with Crippen molar-refractivity contribution in [3.05, 3.63) is 0 Å². The van der Waals surface area contributed by atoms with E-state index in [9.17, 15) is 14.4 Å². The van der Waals surface area contributed by atoms with Gasteiger partial charge in [-0.15, -0.1) is 0 Å². The van der Waals surface area contributed by atoms with Crippen LogP contribution in [0.4, 0.5) is 0 Å². The van der Waals surface area contributed by atoms with Crippen LogP contribution in [0.1, 0.15) is 6.42 Å². The van der Waals surface area contributed by atoms with Gasteiger partial charge >= 0.3 is 5.97 Å². The molecule has 0 radical (unpaired) electrons. The molecule has 19 heavy (non-hydrogen) atoms. The summed E-state index contributed by atoms with van der Waals surface area (Å²) >= 11 is 3.42. The molecule has 0 spiro atoms. The molecule has 0 fully saturated rings. The molecule has 0 saturated carbocycles. The maximum Gasteiger partial charge on any atom is 0.328 e. The SMILES string of the molecule is CSCCC(N)C(=O)NC(CNC(=O)CI)C(=O)O. The zero-order valence-corrected chi connectivity index (χ0v) is 13.5. The molecule has 0 aliphatic heterocycles. The summed E-state index contributed by atoms with van der Waals surface area (Å²) in [6.07, 6.45) is 2.36. The van der Waals surface area contributed by atoms with Gasteiger partial charge in [0.1, 0.15) is 6.04 Å². The number of carbonyl (C=O) groups is 3. The topological polar surface area (TPSA) is 122 Å². The third kappa shape index (κ3) is 8.26. The first-order valence-electron chi connectivity index (χ1n) is 5.52. The maximum atomic E-state index is 11.7. The highest BCUT2D eigenvalue weighted by Crippen LogP contribution is 1.99. The fourth-order valence-corrected chi connectivity index (χ4v) is 1.88. The lowest BCUT2D eigenvalue weighted by Gasteiger charge is -2.18. The third-order valence-electron chi connectivity index (χ3n) is 2.21. The van der Waals surface area contributed by atoms with E-state index in [1.807, 2.05) is 28.8 Å². The lowest BCUT2D eigenvalue weighted by atomic mass is 10.2. The van der Waals surface area contributed by atoms with Crippen LogP contribution in [0, 0.1) is 0 Å². The summed E-state index contributed by atoms with van der Waals surface area (Å²) in [6, 6.07) is -1.91. The van der Waals surface area contributed by atoms with Crippen molar-refractivity contribution >= 4 is 52.1 Å². The standard InChI is InChI=1S/C10H18IN3O4S/c1-19-3-2-6(12)9(16)14-7(10(17)18)5-13-8(15)4-11/h6-7H,2-5,12H2,1H3,(H,13,15)(H,14,16)(H,17,18). The van der Waals surface area contributed by atoms with Gasteiger partial charge in [-0.25, -0.2) is 4.79 Å². The number of hydrogen-bond donors (Lipinski definition) is 4. The first-order chi connectivity index (χ1) is 8.92. The fraction of sp³-hybridized carbons (Fsp3) is 0.700. The Morgan fingerprint density at radius 1 is 1.42 bits per heavy atom. The van der Waals surface area contributed by atoms with Crippen LogP contribution in [0.2, 0.25) is 0 Å². The average molecular weight is 403 g/mol. The number of carboxylic acid groups (broad SMARTS) is 1. The molecule has 0 saturated heterocycles. The normalized spacial score (nSPS) is 13.4. The molecule has 2 atom stereocenters. The fourth-order valence-electron chi connectivity index (χ4n) is 1.12. The predicted octanol–water partition coefficient (Wildman–Crippen LogP) is -0.813. The van der Waals surface area contributed by atoms with Gasteiger partial charge in [0.25, 0.3) is 0 Å². The second-order valence-corrected chi connectivity index (χ2v) is 5.47. The number of nitrogens with two attached hydrogens (primary N) is 1. The second kappa shape index (κ2) is 10.3. The van der Waals surface area contributed by atoms with Gasteiger partial charge in [-0.1, -0.05) is 22.6 Å². The first-order valence-corrected chi connectivity index (χ1v) is 8.44. The Kier molecular flexibility index (Phi) is 9.97. The van der Waals surface area contributed by atoms with Crippen molar-refractivity contribution in [1.82, 2.24) is 10.6 Å². The van der Waals surface area contributed by atoms with Crippen molar-refractivity contribution in [2.45, 2.75) is 18.5 Å². The van der Waals surface area contributed by atoms with Crippen molar-refractivity contribution in [3.63, 3.8) is 0 Å². The Morgan fingerprint density at radius 2 is 2.05 bits per heavy atom. The van der Waals surface area contributed by atoms with Gasteiger partial charge in [-0.3, -0.25) is 9.59 Å². The molecule has 0 heterocycles. The molecular weight excluding hydrogens is 385 g/mol. The van der Waals surface area contributed by atoms with Crippen LogP contribution in [-0.2, 0) is 14.4 Å². The molecule has 9 heteroatoms. The lowest BCUT2D eigenvalue weighted by molar-refractivity contribution is -0.142. The van der Waals surface area contributed by atoms with Crippen molar-refractivity contribution in [1.29, 1.82) is 0 Å². The minimum absolute atomic E-state index is 0.155. The monoisotopic (exact) mass is 403 g/mol. The molecule has 0 aromatic rings. The van der Waals surface area contributed by atoms with Crippen LogP contribution in [0.15, 0.2) is 0 Å². The number of rotatable bonds is 9. The number of amides is 2. The molecule has 0 bridgehead atoms. The molecular formula is C10H18IN3O4S. The molecule has 0 rings (SSSR count). The molecule has 0 aliphatic rings. The molecule has 7 nitrogen and oxygen atoms in total. The Balaban J connectivity index is 4.29. The van der Waals surface area contributed by atoms with Gasteiger partial charge in [0.05, 0.1) is 10.5 Å². The van der Waals surface area contributed by atoms with Crippen molar-refractivity contribution in [3.8, 4) is 0 Å². The Morgan fingerprint density at radius 3 is 2.53 bits per heavy atom. The largest absolute Gasteiger partial charge is 0.480 e. The van der Waals surface area contributed by atoms with Gasteiger partial charge in [0.2, 0.25) is 11.8 Å². The Hall–Kier alpha value is -0.550. The lowest BCUT2D eigenvalue weighted by Crippen LogP contribution is -2.53. The molecule has 0 aliphatic carbocycles. The summed E-state index contributed by atoms with van der Waals surface area (Å²) < 4.78 is 0.227. The summed E-state index contributed by atoms with van der Waals surface area (Å²) in [4.78, 5) is 33.7. The van der Waals surface area contributed by atoms with E-state index in [2.05, 4.69) is 10.6 Å². The van der Waals surface area contributed by atoms with E-state index in [1.54, 1.807) is 11.8 Å². The van der Waals surface area contributed by atoms with E-state index in [4.69, 9.17) is 10.8 Å². The van der Waals surface area contributed by atoms with Crippen LogP contribution >= 0.6 is 34.4 Å². The van der Waals surface area contributed by atoms with Gasteiger partial charge in [-0.05, 0) is 18.4 Å². The van der Waals surface area contributed by atoms with E-state index >= 15 is 0 Å². The van der Waals surface area contributed by atoms with E-state index in [-0.39, 0.29) is 16.9 Å². The number of nitrogens with one attached hydrogen (secondary N) is 2. The maximum absolute atomic E-state index is 11.7. The second-order valence-electron chi connectivity index (χ2n) is 3.73. The number of thioether (sulfide) groups is 1. The van der Waals surface area contributed by atoms with E-state index in [0.717, 1.165) is 5.75 Å². The summed E-state index contributed by atoms with van der Waals surface area (Å²) in [6.45, 7) is -0.155. The van der Waals surface area contributed by atoms with Crippen LogP contribution in [0.3, 0.4) is 0 Å². The highest BCUT2D eigenvalue weighted by molar-refractivity contribution is 14.1. The Labute approximate surface area is 129 Å². The zero-order chi connectivity index (χ0) is 14.8. The summed E-state index contributed by atoms with van der Waals surface area (Å²) in [5, 5.41) is 13.7.